The van der Waals surface area contributed by atoms with Crippen LogP contribution in [0.4, 0.5) is 21.9 Å². The van der Waals surface area contributed by atoms with Crippen molar-refractivity contribution in [2.45, 2.75) is 6.92 Å². The van der Waals surface area contributed by atoms with Gasteiger partial charge in [-0.1, -0.05) is 53.5 Å². The number of hydrogen-bond donors (Lipinski definition) is 3. The largest absolute Gasteiger partial charge is 0.323 e. The molecule has 0 aliphatic rings. The molecular weight excluding hydrogens is 449 g/mol. The van der Waals surface area contributed by atoms with Gasteiger partial charge >= 0.3 is 6.03 Å². The van der Waals surface area contributed by atoms with Crippen LogP contribution in [0.5, 0.6) is 0 Å². The normalized spacial score (nSPS) is 10.6. The van der Waals surface area contributed by atoms with E-state index in [9.17, 15) is 9.59 Å². The average Bonchev–Trinajstić information content (AvgIpc) is 2.76. The second-order valence-corrected chi connectivity index (χ2v) is 7.64. The summed E-state index contributed by atoms with van der Waals surface area (Å²) in [7, 11) is 0. The molecule has 4 rings (SSSR count). The number of amides is 3. The lowest BCUT2D eigenvalue weighted by molar-refractivity contribution is 0.102. The van der Waals surface area contributed by atoms with E-state index in [4.69, 9.17) is 23.2 Å². The average molecular weight is 466 g/mol. The van der Waals surface area contributed by atoms with Gasteiger partial charge in [-0.05, 0) is 36.8 Å². The summed E-state index contributed by atoms with van der Waals surface area (Å²) in [6.07, 6.45) is 3.04. The second-order valence-electron chi connectivity index (χ2n) is 6.88. The number of nitrogens with zero attached hydrogens (tertiary/aromatic N) is 2. The first-order valence-electron chi connectivity index (χ1n) is 9.57. The monoisotopic (exact) mass is 465 g/mol. The van der Waals surface area contributed by atoms with Gasteiger partial charge < -0.3 is 16.0 Å². The zero-order valence-electron chi connectivity index (χ0n) is 16.8. The lowest BCUT2D eigenvalue weighted by Gasteiger charge is -2.15. The Morgan fingerprint density at radius 1 is 0.875 bits per heavy atom. The molecule has 0 spiro atoms. The number of pyridine rings is 2. The molecule has 160 valence electrons. The molecule has 0 aliphatic heterocycles. The Morgan fingerprint density at radius 2 is 1.66 bits per heavy atom. The number of carbonyl (C=O) groups excluding carboxylic acids is 2. The van der Waals surface area contributed by atoms with Gasteiger partial charge in [0.1, 0.15) is 5.15 Å². The van der Waals surface area contributed by atoms with Crippen LogP contribution >= 0.6 is 23.2 Å². The molecule has 32 heavy (non-hydrogen) atoms. The first-order chi connectivity index (χ1) is 15.4. The molecule has 2 aromatic heterocycles. The van der Waals surface area contributed by atoms with Gasteiger partial charge in [-0.3, -0.25) is 9.78 Å². The van der Waals surface area contributed by atoms with E-state index in [-0.39, 0.29) is 15.7 Å². The van der Waals surface area contributed by atoms with Crippen molar-refractivity contribution in [3.63, 3.8) is 0 Å². The van der Waals surface area contributed by atoms with Crippen molar-refractivity contribution in [3.8, 4) is 0 Å². The van der Waals surface area contributed by atoms with Crippen LogP contribution in [0.15, 0.2) is 67.0 Å². The Hall–Kier alpha value is -3.68. The van der Waals surface area contributed by atoms with E-state index in [1.807, 2.05) is 31.2 Å². The quantitative estimate of drug-likeness (QED) is 0.315. The summed E-state index contributed by atoms with van der Waals surface area (Å²) in [6, 6.07) is 15.5. The van der Waals surface area contributed by atoms with Crippen LogP contribution in [-0.4, -0.2) is 21.9 Å². The molecule has 0 radical (unpaired) electrons. The molecule has 2 aromatic carbocycles. The Morgan fingerprint density at radius 3 is 2.41 bits per heavy atom. The second kappa shape index (κ2) is 9.21. The summed E-state index contributed by atoms with van der Waals surface area (Å²) < 4.78 is 0. The first kappa shape index (κ1) is 21.5. The molecule has 3 N–H and O–H groups in total. The van der Waals surface area contributed by atoms with E-state index in [1.165, 1.54) is 12.3 Å². The van der Waals surface area contributed by atoms with Crippen molar-refractivity contribution in [3.05, 3.63) is 88.3 Å². The molecule has 3 amide bonds. The van der Waals surface area contributed by atoms with E-state index in [0.29, 0.717) is 28.0 Å². The lowest BCUT2D eigenvalue weighted by atomic mass is 10.1. The summed E-state index contributed by atoms with van der Waals surface area (Å²) in [5.74, 6) is -0.515. The molecule has 7 nitrogen and oxygen atoms in total. The molecule has 0 fully saturated rings. The minimum absolute atomic E-state index is 0.000945. The SMILES string of the molecule is Cc1cnc2c(NC(=O)c3c(Cl)ccnc3Cl)cccc2c1NC(=O)Nc1ccccc1. The number of para-hydroxylation sites is 2. The zero-order valence-corrected chi connectivity index (χ0v) is 18.3. The van der Waals surface area contributed by atoms with E-state index in [1.54, 1.807) is 30.5 Å². The molecule has 0 atom stereocenters. The molecule has 0 saturated heterocycles. The number of hydrogen-bond acceptors (Lipinski definition) is 4. The van der Waals surface area contributed by atoms with Crippen LogP contribution in [0.25, 0.3) is 10.9 Å². The van der Waals surface area contributed by atoms with Crippen molar-refractivity contribution < 1.29 is 9.59 Å². The van der Waals surface area contributed by atoms with Gasteiger partial charge in [0, 0.05) is 23.5 Å². The third-order valence-electron chi connectivity index (χ3n) is 4.69. The fourth-order valence-corrected chi connectivity index (χ4v) is 3.71. The zero-order chi connectivity index (χ0) is 22.7. The molecule has 2 heterocycles. The van der Waals surface area contributed by atoms with E-state index in [0.717, 1.165) is 5.56 Å². The fraction of sp³-hybridized carbons (Fsp3) is 0.0435. The third-order valence-corrected chi connectivity index (χ3v) is 5.29. The highest BCUT2D eigenvalue weighted by Crippen LogP contribution is 2.31. The summed E-state index contributed by atoms with van der Waals surface area (Å²) in [6.45, 7) is 1.84. The minimum atomic E-state index is -0.515. The maximum absolute atomic E-state index is 12.8. The molecule has 9 heteroatoms. The predicted molar refractivity (Wildman–Crippen MR) is 128 cm³/mol. The van der Waals surface area contributed by atoms with Crippen molar-refractivity contribution in [2.24, 2.45) is 0 Å². The minimum Gasteiger partial charge on any atom is -0.320 e. The number of fused-ring (bicyclic) bond motifs is 1. The van der Waals surface area contributed by atoms with Crippen LogP contribution in [0.2, 0.25) is 10.2 Å². The summed E-state index contributed by atoms with van der Waals surface area (Å²) in [4.78, 5) is 33.7. The smallest absolute Gasteiger partial charge is 0.320 e. The molecular formula is C23H17Cl2N5O2. The van der Waals surface area contributed by atoms with E-state index >= 15 is 0 Å². The Balaban J connectivity index is 1.65. The Bertz CT molecular complexity index is 1310. The number of carbonyl (C=O) groups is 2. The highest BCUT2D eigenvalue weighted by Gasteiger charge is 2.18. The van der Waals surface area contributed by atoms with E-state index in [2.05, 4.69) is 25.9 Å². The van der Waals surface area contributed by atoms with Crippen LogP contribution in [0, 0.1) is 6.92 Å². The highest BCUT2D eigenvalue weighted by atomic mass is 35.5. The number of benzene rings is 2. The van der Waals surface area contributed by atoms with Gasteiger partial charge in [0.05, 0.1) is 27.5 Å². The van der Waals surface area contributed by atoms with Gasteiger partial charge in [-0.25, -0.2) is 9.78 Å². The van der Waals surface area contributed by atoms with E-state index < -0.39 is 11.9 Å². The number of anilines is 3. The van der Waals surface area contributed by atoms with Crippen LogP contribution in [-0.2, 0) is 0 Å². The molecule has 0 bridgehead atoms. The van der Waals surface area contributed by atoms with Gasteiger partial charge in [0.15, 0.2) is 0 Å². The molecule has 0 saturated carbocycles. The van der Waals surface area contributed by atoms with Crippen molar-refractivity contribution in [1.29, 1.82) is 0 Å². The van der Waals surface area contributed by atoms with Gasteiger partial charge in [-0.2, -0.15) is 0 Å². The number of aromatic nitrogens is 2. The molecule has 4 aromatic rings. The van der Waals surface area contributed by atoms with Crippen LogP contribution < -0.4 is 16.0 Å². The van der Waals surface area contributed by atoms with Crippen molar-refractivity contribution in [2.75, 3.05) is 16.0 Å². The van der Waals surface area contributed by atoms with Gasteiger partial charge in [0.2, 0.25) is 0 Å². The third kappa shape index (κ3) is 4.49. The predicted octanol–water partition coefficient (Wildman–Crippen LogP) is 6.14. The van der Waals surface area contributed by atoms with Crippen molar-refractivity contribution >= 4 is 63.1 Å². The Labute approximate surface area is 193 Å². The molecule has 0 unspecified atom stereocenters. The maximum Gasteiger partial charge on any atom is 0.323 e. The number of nitrogens with one attached hydrogen (secondary N) is 3. The fourth-order valence-electron chi connectivity index (χ4n) is 3.19. The van der Waals surface area contributed by atoms with Gasteiger partial charge in [0.25, 0.3) is 5.91 Å². The van der Waals surface area contributed by atoms with Crippen LogP contribution in [0.3, 0.4) is 0 Å². The number of urea groups is 1. The molecule has 0 aliphatic carbocycles. The first-order valence-corrected chi connectivity index (χ1v) is 10.3. The highest BCUT2D eigenvalue weighted by molar-refractivity contribution is 6.39. The summed E-state index contributed by atoms with van der Waals surface area (Å²) in [5, 5.41) is 9.29. The summed E-state index contributed by atoms with van der Waals surface area (Å²) in [5.41, 5.74) is 3.02. The summed E-state index contributed by atoms with van der Waals surface area (Å²) >= 11 is 12.2. The number of aryl methyl sites for hydroxylation is 1. The standard InChI is InChI=1S/C23H17Cl2N5O2/c1-13-12-27-20-15(19(13)30-23(32)28-14-6-3-2-4-7-14)8-5-9-17(20)29-22(31)18-16(24)10-11-26-21(18)25/h2-12H,1H3,(H,29,31)(H2,27,28,30,32). The van der Waals surface area contributed by atoms with Crippen LogP contribution in [0.1, 0.15) is 15.9 Å². The maximum atomic E-state index is 12.8. The Kier molecular flexibility index (Phi) is 6.20. The topological polar surface area (TPSA) is 96.0 Å². The lowest BCUT2D eigenvalue weighted by Crippen LogP contribution is -2.20. The number of halogens is 2. The van der Waals surface area contributed by atoms with Gasteiger partial charge in [-0.15, -0.1) is 0 Å². The van der Waals surface area contributed by atoms with Crippen molar-refractivity contribution in [1.82, 2.24) is 9.97 Å². The number of rotatable bonds is 4.